The Morgan fingerprint density at radius 1 is 1.12 bits per heavy atom. The van der Waals surface area contributed by atoms with Crippen molar-refractivity contribution >= 4 is 10.0 Å². The zero-order valence-corrected chi connectivity index (χ0v) is 16.6. The highest BCUT2D eigenvalue weighted by atomic mass is 32.2. The second kappa shape index (κ2) is 6.59. The Labute approximate surface area is 154 Å². The average Bonchev–Trinajstić information content (AvgIpc) is 3.04. The topological polar surface area (TPSA) is 73.7 Å². The molecule has 142 valence electrons. The van der Waals surface area contributed by atoms with Gasteiger partial charge >= 0.3 is 0 Å². The van der Waals surface area contributed by atoms with Gasteiger partial charge in [-0.05, 0) is 32.9 Å². The maximum Gasteiger partial charge on any atom is 0.243 e. The molecule has 2 heterocycles. The van der Waals surface area contributed by atoms with E-state index >= 15 is 0 Å². The lowest BCUT2D eigenvalue weighted by atomic mass is 10.1. The van der Waals surface area contributed by atoms with Gasteiger partial charge < -0.3 is 9.47 Å². The minimum absolute atomic E-state index is 0.127. The molecule has 1 aromatic heterocycles. The second-order valence-electron chi connectivity index (χ2n) is 7.30. The number of hydrogen-bond acceptors (Lipinski definition) is 5. The lowest BCUT2D eigenvalue weighted by Gasteiger charge is -2.29. The van der Waals surface area contributed by atoms with Crippen molar-refractivity contribution in [1.82, 2.24) is 14.1 Å². The van der Waals surface area contributed by atoms with Crippen LogP contribution >= 0.6 is 0 Å². The van der Waals surface area contributed by atoms with Crippen molar-refractivity contribution in [2.45, 2.75) is 44.2 Å². The Hall–Kier alpha value is -2.06. The number of rotatable bonds is 4. The highest BCUT2D eigenvalue weighted by molar-refractivity contribution is 7.89. The zero-order valence-electron chi connectivity index (χ0n) is 15.8. The summed E-state index contributed by atoms with van der Waals surface area (Å²) in [6, 6.07) is 4.66. The third kappa shape index (κ3) is 3.19. The third-order valence-electron chi connectivity index (χ3n) is 4.53. The molecule has 0 amide bonds. The molecule has 0 bridgehead atoms. The lowest BCUT2D eigenvalue weighted by Crippen LogP contribution is -2.37. The fourth-order valence-electron chi connectivity index (χ4n) is 3.22. The van der Waals surface area contributed by atoms with Crippen LogP contribution in [0, 0.1) is 0 Å². The zero-order chi connectivity index (χ0) is 19.1. The molecule has 0 aliphatic carbocycles. The molecular formula is C18H25N3O4S. The van der Waals surface area contributed by atoms with Crippen LogP contribution in [-0.2, 0) is 28.5 Å². The van der Waals surface area contributed by atoms with E-state index in [2.05, 4.69) is 25.9 Å². The molecule has 0 N–H and O–H groups in total. The number of hydrogen-bond donors (Lipinski definition) is 0. The first-order valence-electron chi connectivity index (χ1n) is 8.47. The van der Waals surface area contributed by atoms with E-state index in [9.17, 15) is 8.42 Å². The maximum atomic E-state index is 13.1. The predicted molar refractivity (Wildman–Crippen MR) is 98.1 cm³/mol. The Morgan fingerprint density at radius 2 is 1.81 bits per heavy atom. The van der Waals surface area contributed by atoms with Gasteiger partial charge in [0.05, 0.1) is 30.9 Å². The van der Waals surface area contributed by atoms with Gasteiger partial charge in [0.15, 0.2) is 11.5 Å². The summed E-state index contributed by atoms with van der Waals surface area (Å²) in [7, 11) is -0.620. The first-order valence-corrected chi connectivity index (χ1v) is 9.91. The van der Waals surface area contributed by atoms with Crippen LogP contribution in [0.5, 0.6) is 11.5 Å². The van der Waals surface area contributed by atoms with Gasteiger partial charge in [0.2, 0.25) is 10.0 Å². The minimum Gasteiger partial charge on any atom is -0.493 e. The van der Waals surface area contributed by atoms with Gasteiger partial charge in [-0.15, -0.1) is 0 Å². The SMILES string of the molecule is COc1ccc(S(=O)(=O)N2CCc3c(cnn3C(C)(C)C)C2)cc1OC. The third-order valence-corrected chi connectivity index (χ3v) is 6.37. The van der Waals surface area contributed by atoms with Gasteiger partial charge in [0.1, 0.15) is 0 Å². The van der Waals surface area contributed by atoms with Crippen molar-refractivity contribution in [3.8, 4) is 11.5 Å². The number of fused-ring (bicyclic) bond motifs is 1. The van der Waals surface area contributed by atoms with Crippen molar-refractivity contribution in [2.24, 2.45) is 0 Å². The van der Waals surface area contributed by atoms with Gasteiger partial charge in [-0.25, -0.2) is 8.42 Å². The Morgan fingerprint density at radius 3 is 2.42 bits per heavy atom. The Kier molecular flexibility index (Phi) is 4.74. The highest BCUT2D eigenvalue weighted by Gasteiger charge is 2.32. The minimum atomic E-state index is -3.63. The van der Waals surface area contributed by atoms with E-state index in [1.165, 1.54) is 24.6 Å². The lowest BCUT2D eigenvalue weighted by molar-refractivity contribution is 0.324. The molecule has 0 atom stereocenters. The quantitative estimate of drug-likeness (QED) is 0.816. The summed E-state index contributed by atoms with van der Waals surface area (Å²) in [4.78, 5) is 0.196. The molecule has 1 aromatic carbocycles. The molecule has 0 fully saturated rings. The summed E-state index contributed by atoms with van der Waals surface area (Å²) >= 11 is 0. The number of ether oxygens (including phenoxy) is 2. The van der Waals surface area contributed by atoms with Crippen molar-refractivity contribution in [1.29, 1.82) is 0 Å². The van der Waals surface area contributed by atoms with Crippen LogP contribution in [-0.4, -0.2) is 43.3 Å². The second-order valence-corrected chi connectivity index (χ2v) is 9.24. The van der Waals surface area contributed by atoms with Crippen LogP contribution in [0.15, 0.2) is 29.3 Å². The summed E-state index contributed by atoms with van der Waals surface area (Å²) in [5.74, 6) is 0.894. The standard InChI is InChI=1S/C18H25N3O4S/c1-18(2,3)21-15-8-9-20(12-13(15)11-19-21)26(22,23)14-6-7-16(24-4)17(10-14)25-5/h6-7,10-11H,8-9,12H2,1-5H3. The van der Waals surface area contributed by atoms with Gasteiger partial charge in [-0.1, -0.05) is 0 Å². The van der Waals surface area contributed by atoms with E-state index in [-0.39, 0.29) is 10.4 Å². The van der Waals surface area contributed by atoms with E-state index < -0.39 is 10.0 Å². The van der Waals surface area contributed by atoms with Crippen LogP contribution in [0.1, 0.15) is 32.0 Å². The monoisotopic (exact) mass is 379 g/mol. The van der Waals surface area contributed by atoms with E-state index in [0.717, 1.165) is 11.3 Å². The average molecular weight is 379 g/mol. The molecular weight excluding hydrogens is 354 g/mol. The molecule has 2 aromatic rings. The van der Waals surface area contributed by atoms with Crippen LogP contribution < -0.4 is 9.47 Å². The number of benzene rings is 1. The molecule has 26 heavy (non-hydrogen) atoms. The molecule has 8 heteroatoms. The van der Waals surface area contributed by atoms with Crippen LogP contribution in [0.2, 0.25) is 0 Å². The molecule has 3 rings (SSSR count). The van der Waals surface area contributed by atoms with Gasteiger partial charge in [-0.3, -0.25) is 4.68 Å². The molecule has 0 saturated carbocycles. The number of sulfonamides is 1. The van der Waals surface area contributed by atoms with Gasteiger partial charge in [-0.2, -0.15) is 9.40 Å². The predicted octanol–water partition coefficient (Wildman–Crippen LogP) is 2.40. The largest absolute Gasteiger partial charge is 0.493 e. The van der Waals surface area contributed by atoms with E-state index in [1.807, 2.05) is 4.68 Å². The van der Waals surface area contributed by atoms with E-state index in [0.29, 0.717) is 31.0 Å². The van der Waals surface area contributed by atoms with Crippen LogP contribution in [0.4, 0.5) is 0 Å². The van der Waals surface area contributed by atoms with Crippen molar-refractivity contribution in [3.63, 3.8) is 0 Å². The van der Waals surface area contributed by atoms with Crippen molar-refractivity contribution in [2.75, 3.05) is 20.8 Å². The summed E-state index contributed by atoms with van der Waals surface area (Å²) < 4.78 is 40.0. The summed E-state index contributed by atoms with van der Waals surface area (Å²) in [6.07, 6.45) is 2.41. The molecule has 0 radical (unpaired) electrons. The summed E-state index contributed by atoms with van der Waals surface area (Å²) in [5, 5.41) is 4.47. The number of nitrogens with zero attached hydrogens (tertiary/aromatic N) is 3. The van der Waals surface area contributed by atoms with Crippen LogP contribution in [0.25, 0.3) is 0 Å². The summed E-state index contributed by atoms with van der Waals surface area (Å²) in [5.41, 5.74) is 1.93. The molecule has 0 saturated heterocycles. The highest BCUT2D eigenvalue weighted by Crippen LogP contribution is 2.32. The number of methoxy groups -OCH3 is 2. The molecule has 0 unspecified atom stereocenters. The van der Waals surface area contributed by atoms with E-state index in [4.69, 9.17) is 9.47 Å². The first kappa shape index (κ1) is 18.7. The normalized spacial score (nSPS) is 15.6. The Balaban J connectivity index is 1.92. The van der Waals surface area contributed by atoms with Crippen LogP contribution in [0.3, 0.4) is 0 Å². The Bertz CT molecular complexity index is 913. The molecule has 1 aliphatic rings. The number of aromatic nitrogens is 2. The molecule has 7 nitrogen and oxygen atoms in total. The fraction of sp³-hybridized carbons (Fsp3) is 0.500. The summed E-state index contributed by atoms with van der Waals surface area (Å²) in [6.45, 7) is 7.01. The van der Waals surface area contributed by atoms with Crippen molar-refractivity contribution < 1.29 is 17.9 Å². The molecule has 0 spiro atoms. The van der Waals surface area contributed by atoms with Gasteiger partial charge in [0.25, 0.3) is 0 Å². The van der Waals surface area contributed by atoms with E-state index in [1.54, 1.807) is 18.3 Å². The van der Waals surface area contributed by atoms with Crippen molar-refractivity contribution in [3.05, 3.63) is 35.7 Å². The van der Waals surface area contributed by atoms with Gasteiger partial charge in [0, 0.05) is 36.8 Å². The molecule has 1 aliphatic heterocycles. The first-order chi connectivity index (χ1) is 12.2. The fourth-order valence-corrected chi connectivity index (χ4v) is 4.65. The maximum absolute atomic E-state index is 13.1. The smallest absolute Gasteiger partial charge is 0.243 e.